The van der Waals surface area contributed by atoms with Crippen LogP contribution in [0.2, 0.25) is 19.6 Å². The Hall–Kier alpha value is -1.11. The van der Waals surface area contributed by atoms with E-state index < -0.39 is 14.4 Å². The second-order valence-corrected chi connectivity index (χ2v) is 10.1. The summed E-state index contributed by atoms with van der Waals surface area (Å²) in [6.45, 7) is 6.32. The number of hydrogen-bond donors (Lipinski definition) is 0. The number of nitriles is 1. The third-order valence-electron chi connectivity index (χ3n) is 2.88. The van der Waals surface area contributed by atoms with Gasteiger partial charge < -0.3 is 4.43 Å². The lowest BCUT2D eigenvalue weighted by atomic mass is 10.1. The van der Waals surface area contributed by atoms with Crippen molar-refractivity contribution in [1.29, 1.82) is 5.26 Å². The Morgan fingerprint density at radius 2 is 1.82 bits per heavy atom. The quantitative estimate of drug-likeness (QED) is 0.752. The highest BCUT2D eigenvalue weighted by molar-refractivity contribution is 6.69. The molecular formula is C14H19NOSi. The molecule has 1 aromatic carbocycles. The Kier molecular flexibility index (Phi) is 3.37. The van der Waals surface area contributed by atoms with Gasteiger partial charge in [0.2, 0.25) is 0 Å². The second kappa shape index (κ2) is 4.64. The smallest absolute Gasteiger partial charge is 0.186 e. The van der Waals surface area contributed by atoms with Crippen LogP contribution in [0, 0.1) is 11.3 Å². The van der Waals surface area contributed by atoms with Gasteiger partial charge in [0.15, 0.2) is 14.4 Å². The Morgan fingerprint density at radius 1 is 1.24 bits per heavy atom. The topological polar surface area (TPSA) is 33.0 Å². The van der Waals surface area contributed by atoms with Gasteiger partial charge in [-0.25, -0.2) is 0 Å². The fourth-order valence-corrected chi connectivity index (χ4v) is 2.78. The maximum atomic E-state index is 9.18. The Bertz CT molecular complexity index is 423. The fraction of sp³-hybridized carbons (Fsp3) is 0.500. The van der Waals surface area contributed by atoms with Crippen molar-refractivity contribution in [2.24, 2.45) is 0 Å². The van der Waals surface area contributed by atoms with Crippen LogP contribution in [0.1, 0.15) is 36.0 Å². The van der Waals surface area contributed by atoms with E-state index in [4.69, 9.17) is 4.43 Å². The Balaban J connectivity index is 2.11. The summed E-state index contributed by atoms with van der Waals surface area (Å²) in [5.41, 5.74) is 2.39. The van der Waals surface area contributed by atoms with E-state index in [1.807, 2.05) is 12.1 Å². The number of rotatable bonds is 4. The van der Waals surface area contributed by atoms with Gasteiger partial charge in [-0.3, -0.25) is 0 Å². The average molecular weight is 245 g/mol. The maximum Gasteiger partial charge on any atom is 0.186 e. The van der Waals surface area contributed by atoms with E-state index in [0.29, 0.717) is 0 Å². The molecule has 0 heterocycles. The molecule has 90 valence electrons. The molecule has 0 amide bonds. The average Bonchev–Trinajstić information content (AvgIpc) is 3.09. The molecule has 2 rings (SSSR count). The van der Waals surface area contributed by atoms with Crippen molar-refractivity contribution in [1.82, 2.24) is 0 Å². The Labute approximate surface area is 104 Å². The highest BCUT2D eigenvalue weighted by Gasteiger charge is 2.25. The monoisotopic (exact) mass is 245 g/mol. The van der Waals surface area contributed by atoms with E-state index >= 15 is 0 Å². The van der Waals surface area contributed by atoms with Crippen molar-refractivity contribution in [3.05, 3.63) is 35.4 Å². The van der Waals surface area contributed by atoms with Crippen LogP contribution in [-0.2, 0) is 4.43 Å². The highest BCUT2D eigenvalue weighted by atomic mass is 28.4. The van der Waals surface area contributed by atoms with Gasteiger partial charge in [0.25, 0.3) is 0 Å². The van der Waals surface area contributed by atoms with Crippen molar-refractivity contribution >= 4 is 8.32 Å². The summed E-state index contributed by atoms with van der Waals surface area (Å²) in [5.74, 6) is 0.766. The van der Waals surface area contributed by atoms with Gasteiger partial charge in [-0.1, -0.05) is 24.3 Å². The van der Waals surface area contributed by atoms with Gasteiger partial charge in [0.05, 0.1) is 6.07 Å². The molecule has 0 radical (unpaired) electrons. The summed E-state index contributed by atoms with van der Waals surface area (Å²) in [6.07, 6.45) is 2.22. The van der Waals surface area contributed by atoms with E-state index in [0.717, 1.165) is 11.5 Å². The minimum absolute atomic E-state index is 0.407. The van der Waals surface area contributed by atoms with E-state index in [2.05, 4.69) is 37.8 Å². The first-order valence-electron chi connectivity index (χ1n) is 6.17. The molecule has 0 saturated heterocycles. The van der Waals surface area contributed by atoms with Gasteiger partial charge in [0.1, 0.15) is 0 Å². The normalized spacial score (nSPS) is 17.5. The van der Waals surface area contributed by atoms with Crippen LogP contribution in [0.15, 0.2) is 24.3 Å². The zero-order valence-electron chi connectivity index (χ0n) is 10.7. The molecule has 3 heteroatoms. The number of hydrogen-bond acceptors (Lipinski definition) is 2. The first kappa shape index (κ1) is 12.3. The molecule has 1 fully saturated rings. The lowest BCUT2D eigenvalue weighted by Crippen LogP contribution is -2.27. The van der Waals surface area contributed by atoms with Gasteiger partial charge in [-0.15, -0.1) is 0 Å². The molecule has 1 saturated carbocycles. The summed E-state index contributed by atoms with van der Waals surface area (Å²) in [4.78, 5) is 0. The van der Waals surface area contributed by atoms with Crippen LogP contribution < -0.4 is 0 Å². The van der Waals surface area contributed by atoms with E-state index in [9.17, 15) is 5.26 Å². The third-order valence-corrected chi connectivity index (χ3v) is 3.82. The predicted octanol–water partition coefficient (Wildman–Crippen LogP) is 3.98. The first-order chi connectivity index (χ1) is 7.99. The zero-order chi connectivity index (χ0) is 12.5. The van der Waals surface area contributed by atoms with E-state index in [1.165, 1.54) is 18.4 Å². The molecule has 1 atom stereocenters. The lowest BCUT2D eigenvalue weighted by Gasteiger charge is -2.21. The predicted molar refractivity (Wildman–Crippen MR) is 71.2 cm³/mol. The van der Waals surface area contributed by atoms with Crippen molar-refractivity contribution in [3.8, 4) is 6.07 Å². The second-order valence-electron chi connectivity index (χ2n) is 5.68. The minimum atomic E-state index is -1.67. The van der Waals surface area contributed by atoms with Gasteiger partial charge in [0, 0.05) is 0 Å². The van der Waals surface area contributed by atoms with Crippen LogP contribution in [0.4, 0.5) is 0 Å². The molecule has 0 aliphatic heterocycles. The van der Waals surface area contributed by atoms with Crippen molar-refractivity contribution < 1.29 is 4.43 Å². The molecule has 0 N–H and O–H groups in total. The van der Waals surface area contributed by atoms with Crippen LogP contribution in [0.5, 0.6) is 0 Å². The summed E-state index contributed by atoms with van der Waals surface area (Å²) < 4.78 is 5.87. The molecule has 1 aromatic rings. The first-order valence-corrected chi connectivity index (χ1v) is 9.58. The van der Waals surface area contributed by atoms with Crippen LogP contribution in [0.3, 0.4) is 0 Å². The molecule has 1 aliphatic rings. The largest absolute Gasteiger partial charge is 0.399 e. The van der Waals surface area contributed by atoms with Gasteiger partial charge in [-0.05, 0) is 49.5 Å². The number of benzene rings is 1. The van der Waals surface area contributed by atoms with Crippen molar-refractivity contribution in [2.75, 3.05) is 0 Å². The Morgan fingerprint density at radius 3 is 2.24 bits per heavy atom. The molecule has 0 spiro atoms. The lowest BCUT2D eigenvalue weighted by molar-refractivity contribution is 0.255. The molecule has 0 bridgehead atoms. The van der Waals surface area contributed by atoms with Crippen molar-refractivity contribution in [3.63, 3.8) is 0 Å². The minimum Gasteiger partial charge on any atom is -0.399 e. The summed E-state index contributed by atoms with van der Waals surface area (Å²) in [6, 6.07) is 10.6. The summed E-state index contributed by atoms with van der Waals surface area (Å²) in [7, 11) is -1.67. The SMILES string of the molecule is C[Si](C)(C)OC(C#N)c1ccc(C2CC2)cc1. The molecular weight excluding hydrogens is 226 g/mol. The summed E-state index contributed by atoms with van der Waals surface area (Å²) >= 11 is 0. The van der Waals surface area contributed by atoms with Crippen LogP contribution in [0.25, 0.3) is 0 Å². The van der Waals surface area contributed by atoms with Gasteiger partial charge >= 0.3 is 0 Å². The molecule has 1 aliphatic carbocycles. The maximum absolute atomic E-state index is 9.18. The molecule has 17 heavy (non-hydrogen) atoms. The fourth-order valence-electron chi connectivity index (χ4n) is 1.88. The number of nitrogens with zero attached hydrogens (tertiary/aromatic N) is 1. The summed E-state index contributed by atoms with van der Waals surface area (Å²) in [5, 5.41) is 9.18. The van der Waals surface area contributed by atoms with Crippen molar-refractivity contribution in [2.45, 2.75) is 44.5 Å². The molecule has 2 nitrogen and oxygen atoms in total. The standard InChI is InChI=1S/C14H19NOSi/c1-17(2,3)16-14(10-15)13-8-6-12(7-9-13)11-4-5-11/h6-9,11,14H,4-5H2,1-3H3. The van der Waals surface area contributed by atoms with Gasteiger partial charge in [-0.2, -0.15) is 5.26 Å². The molecule has 0 aromatic heterocycles. The van der Waals surface area contributed by atoms with E-state index in [-0.39, 0.29) is 0 Å². The zero-order valence-corrected chi connectivity index (χ0v) is 11.7. The molecule has 1 unspecified atom stereocenters. The van der Waals surface area contributed by atoms with Crippen LogP contribution >= 0.6 is 0 Å². The highest BCUT2D eigenvalue weighted by Crippen LogP contribution is 2.40. The van der Waals surface area contributed by atoms with Crippen LogP contribution in [-0.4, -0.2) is 8.32 Å². The van der Waals surface area contributed by atoms with E-state index in [1.54, 1.807) is 0 Å². The third kappa shape index (κ3) is 3.42.